The fraction of sp³-hybridized carbons (Fsp3) is 0.235. The molecule has 2 aromatic rings. The molecule has 3 nitrogen and oxygen atoms in total. The van der Waals surface area contributed by atoms with Gasteiger partial charge in [0.1, 0.15) is 11.9 Å². The van der Waals surface area contributed by atoms with Gasteiger partial charge in [-0.3, -0.25) is 4.79 Å². The van der Waals surface area contributed by atoms with E-state index in [-0.39, 0.29) is 23.8 Å². The quantitative estimate of drug-likeness (QED) is 0.873. The van der Waals surface area contributed by atoms with E-state index in [9.17, 15) is 9.18 Å². The summed E-state index contributed by atoms with van der Waals surface area (Å²) in [5.41, 5.74) is 1.65. The van der Waals surface area contributed by atoms with Crippen LogP contribution >= 0.6 is 11.6 Å². The summed E-state index contributed by atoms with van der Waals surface area (Å²) in [5.74, 6) is -0.451. The predicted octanol–water partition coefficient (Wildman–Crippen LogP) is 3.13. The van der Waals surface area contributed by atoms with Crippen LogP contribution in [-0.4, -0.2) is 11.9 Å². The van der Waals surface area contributed by atoms with E-state index in [1.165, 1.54) is 12.1 Å². The molecular formula is C17H19ClFN2O+. The Morgan fingerprint density at radius 3 is 2.50 bits per heavy atom. The van der Waals surface area contributed by atoms with Gasteiger partial charge in [-0.1, -0.05) is 23.7 Å². The number of halogens is 2. The third-order valence-corrected chi connectivity index (χ3v) is 3.71. The number of carbonyl (C=O) groups excluding carboxylic acids is 1. The molecule has 0 unspecified atom stereocenters. The summed E-state index contributed by atoms with van der Waals surface area (Å²) in [5, 5.41) is 5.42. The number of nitrogens with two attached hydrogens (primary N) is 1. The predicted molar refractivity (Wildman–Crippen MR) is 86.3 cm³/mol. The number of amides is 1. The van der Waals surface area contributed by atoms with Gasteiger partial charge >= 0.3 is 0 Å². The van der Waals surface area contributed by atoms with Crippen molar-refractivity contribution in [1.82, 2.24) is 0 Å². The lowest BCUT2D eigenvalue weighted by Crippen LogP contribution is -2.91. The maximum atomic E-state index is 12.8. The highest BCUT2D eigenvalue weighted by Gasteiger charge is 2.20. The Bertz CT molecular complexity index is 645. The highest BCUT2D eigenvalue weighted by molar-refractivity contribution is 6.30. The van der Waals surface area contributed by atoms with Crippen LogP contribution in [0.3, 0.4) is 0 Å². The fourth-order valence-electron chi connectivity index (χ4n) is 2.21. The number of rotatable bonds is 5. The average Bonchev–Trinajstić information content (AvgIpc) is 2.49. The van der Waals surface area contributed by atoms with E-state index in [0.717, 1.165) is 5.56 Å². The molecule has 0 spiro atoms. The van der Waals surface area contributed by atoms with Crippen molar-refractivity contribution in [2.75, 3.05) is 5.32 Å². The largest absolute Gasteiger partial charge is 0.330 e. The second kappa shape index (κ2) is 7.38. The van der Waals surface area contributed by atoms with Crippen molar-refractivity contribution in [3.63, 3.8) is 0 Å². The molecule has 2 atom stereocenters. The summed E-state index contributed by atoms with van der Waals surface area (Å²) in [6, 6.07) is 13.1. The van der Waals surface area contributed by atoms with E-state index in [0.29, 0.717) is 10.7 Å². The minimum absolute atomic E-state index is 0.104. The number of hydrogen-bond donors (Lipinski definition) is 2. The Hall–Kier alpha value is -1.91. The van der Waals surface area contributed by atoms with E-state index >= 15 is 0 Å². The third-order valence-electron chi connectivity index (χ3n) is 3.48. The van der Waals surface area contributed by atoms with E-state index in [2.05, 4.69) is 5.32 Å². The molecule has 3 N–H and O–H groups in total. The van der Waals surface area contributed by atoms with Crippen LogP contribution in [0, 0.1) is 5.82 Å². The second-order valence-corrected chi connectivity index (χ2v) is 5.76. The van der Waals surface area contributed by atoms with Gasteiger partial charge in [0.2, 0.25) is 0 Å². The van der Waals surface area contributed by atoms with E-state index < -0.39 is 0 Å². The zero-order valence-electron chi connectivity index (χ0n) is 12.5. The van der Waals surface area contributed by atoms with Crippen LogP contribution in [0.15, 0.2) is 48.5 Å². The lowest BCUT2D eigenvalue weighted by Gasteiger charge is -2.17. The van der Waals surface area contributed by atoms with Crippen molar-refractivity contribution >= 4 is 23.2 Å². The molecule has 22 heavy (non-hydrogen) atoms. The molecule has 0 fully saturated rings. The molecule has 0 heterocycles. The smallest absolute Gasteiger partial charge is 0.282 e. The summed E-state index contributed by atoms with van der Waals surface area (Å²) in [6.07, 6.45) is 0. The Morgan fingerprint density at radius 2 is 1.86 bits per heavy atom. The van der Waals surface area contributed by atoms with Crippen LogP contribution in [0.25, 0.3) is 0 Å². The molecule has 2 aromatic carbocycles. The first-order valence-corrected chi connectivity index (χ1v) is 7.50. The first-order valence-electron chi connectivity index (χ1n) is 7.12. The third kappa shape index (κ3) is 4.55. The average molecular weight is 322 g/mol. The fourth-order valence-corrected chi connectivity index (χ4v) is 2.41. The molecule has 5 heteroatoms. The molecule has 0 saturated heterocycles. The highest BCUT2D eigenvalue weighted by atomic mass is 35.5. The molecule has 1 amide bonds. The molecule has 0 bridgehead atoms. The zero-order chi connectivity index (χ0) is 16.1. The van der Waals surface area contributed by atoms with Crippen molar-refractivity contribution < 1.29 is 14.5 Å². The van der Waals surface area contributed by atoms with Crippen LogP contribution in [0.1, 0.15) is 25.5 Å². The van der Waals surface area contributed by atoms with E-state index in [1.807, 2.05) is 43.4 Å². The van der Waals surface area contributed by atoms with Crippen LogP contribution in [0.4, 0.5) is 10.1 Å². The molecule has 0 aliphatic heterocycles. The van der Waals surface area contributed by atoms with Crippen molar-refractivity contribution in [2.45, 2.75) is 25.9 Å². The highest BCUT2D eigenvalue weighted by Crippen LogP contribution is 2.15. The molecule has 0 radical (unpaired) electrons. The SMILES string of the molecule is C[C@H]([NH2+][C@H](C)C(=O)Nc1ccc(F)cc1)c1cccc(Cl)c1. The van der Waals surface area contributed by atoms with Crippen LogP contribution < -0.4 is 10.6 Å². The molecule has 0 aliphatic carbocycles. The summed E-state index contributed by atoms with van der Waals surface area (Å²) >= 11 is 5.98. The standard InChI is InChI=1S/C17H18ClFN2O/c1-11(13-4-3-5-14(18)10-13)20-12(2)17(22)21-16-8-6-15(19)7-9-16/h3-12,20H,1-2H3,(H,21,22)/p+1/t11-,12+/m0/s1. The Balaban J connectivity index is 1.94. The van der Waals surface area contributed by atoms with Crippen LogP contribution in [0.5, 0.6) is 0 Å². The number of carbonyl (C=O) groups is 1. The number of benzene rings is 2. The van der Waals surface area contributed by atoms with Gasteiger partial charge in [-0.05, 0) is 50.2 Å². The second-order valence-electron chi connectivity index (χ2n) is 5.32. The lowest BCUT2D eigenvalue weighted by atomic mass is 10.1. The maximum absolute atomic E-state index is 12.8. The first-order chi connectivity index (χ1) is 10.5. The first kappa shape index (κ1) is 16.5. The maximum Gasteiger partial charge on any atom is 0.282 e. The van der Waals surface area contributed by atoms with Gasteiger partial charge in [-0.2, -0.15) is 0 Å². The summed E-state index contributed by atoms with van der Waals surface area (Å²) in [7, 11) is 0. The molecular weight excluding hydrogens is 303 g/mol. The molecule has 0 saturated carbocycles. The van der Waals surface area contributed by atoms with Crippen LogP contribution in [-0.2, 0) is 4.79 Å². The van der Waals surface area contributed by atoms with Crippen molar-refractivity contribution in [3.8, 4) is 0 Å². The van der Waals surface area contributed by atoms with Gasteiger partial charge in [0, 0.05) is 16.3 Å². The van der Waals surface area contributed by atoms with Gasteiger partial charge in [0.25, 0.3) is 5.91 Å². The summed E-state index contributed by atoms with van der Waals surface area (Å²) < 4.78 is 12.8. The molecule has 0 aromatic heterocycles. The van der Waals surface area contributed by atoms with Gasteiger partial charge in [-0.25, -0.2) is 4.39 Å². The number of anilines is 1. The molecule has 0 aliphatic rings. The van der Waals surface area contributed by atoms with E-state index in [4.69, 9.17) is 11.6 Å². The zero-order valence-corrected chi connectivity index (χ0v) is 13.3. The van der Waals surface area contributed by atoms with Crippen LogP contribution in [0.2, 0.25) is 5.02 Å². The lowest BCUT2D eigenvalue weighted by molar-refractivity contribution is -0.709. The Labute approximate surface area is 134 Å². The minimum Gasteiger partial charge on any atom is -0.330 e. The number of hydrogen-bond acceptors (Lipinski definition) is 1. The normalized spacial score (nSPS) is 13.5. The summed E-state index contributed by atoms with van der Waals surface area (Å²) in [4.78, 5) is 12.2. The Morgan fingerprint density at radius 1 is 1.18 bits per heavy atom. The van der Waals surface area contributed by atoms with Gasteiger partial charge in [0.05, 0.1) is 0 Å². The minimum atomic E-state index is -0.327. The topological polar surface area (TPSA) is 45.7 Å². The van der Waals surface area contributed by atoms with Gasteiger partial charge in [-0.15, -0.1) is 0 Å². The molecule has 116 valence electrons. The van der Waals surface area contributed by atoms with Gasteiger partial charge in [0.15, 0.2) is 6.04 Å². The monoisotopic (exact) mass is 321 g/mol. The van der Waals surface area contributed by atoms with Crippen molar-refractivity contribution in [1.29, 1.82) is 0 Å². The number of quaternary nitrogens is 1. The number of nitrogens with one attached hydrogen (secondary N) is 1. The van der Waals surface area contributed by atoms with Crippen molar-refractivity contribution in [2.24, 2.45) is 0 Å². The van der Waals surface area contributed by atoms with E-state index in [1.54, 1.807) is 12.1 Å². The summed E-state index contributed by atoms with van der Waals surface area (Å²) in [6.45, 7) is 3.85. The van der Waals surface area contributed by atoms with Crippen molar-refractivity contribution in [3.05, 3.63) is 64.9 Å². The van der Waals surface area contributed by atoms with Gasteiger partial charge < -0.3 is 10.6 Å². The molecule has 2 rings (SSSR count). The Kier molecular flexibility index (Phi) is 5.52.